The maximum atomic E-state index is 11.0. The second-order valence-corrected chi connectivity index (χ2v) is 3.92. The molecule has 0 N–H and O–H groups in total. The summed E-state index contributed by atoms with van der Waals surface area (Å²) in [6, 6.07) is 0. The SMILES string of the molecule is CC(C)OC(=O)/C=C/[N+](C)(C)C. The summed E-state index contributed by atoms with van der Waals surface area (Å²) < 4.78 is 5.53. The highest BCUT2D eigenvalue weighted by molar-refractivity contribution is 5.81. The summed E-state index contributed by atoms with van der Waals surface area (Å²) in [7, 11) is 5.91. The number of nitrogens with zero attached hydrogens (tertiary/aromatic N) is 1. The van der Waals surface area contributed by atoms with Gasteiger partial charge in [0.1, 0.15) is 6.20 Å². The number of quaternary nitrogens is 1. The molecule has 12 heavy (non-hydrogen) atoms. The van der Waals surface area contributed by atoms with Gasteiger partial charge in [0.05, 0.1) is 33.3 Å². The van der Waals surface area contributed by atoms with Crippen LogP contribution in [0.3, 0.4) is 0 Å². The highest BCUT2D eigenvalue weighted by Gasteiger charge is 2.04. The monoisotopic (exact) mass is 172 g/mol. The minimum Gasteiger partial charge on any atom is -0.460 e. The van der Waals surface area contributed by atoms with E-state index in [2.05, 4.69) is 0 Å². The van der Waals surface area contributed by atoms with E-state index >= 15 is 0 Å². The van der Waals surface area contributed by atoms with Crippen LogP contribution in [0.5, 0.6) is 0 Å². The second kappa shape index (κ2) is 4.26. The van der Waals surface area contributed by atoms with Gasteiger partial charge in [-0.25, -0.2) is 4.79 Å². The van der Waals surface area contributed by atoms with E-state index in [1.54, 1.807) is 6.20 Å². The number of esters is 1. The summed E-state index contributed by atoms with van der Waals surface area (Å²) in [6.45, 7) is 3.66. The van der Waals surface area contributed by atoms with Crippen molar-refractivity contribution in [3.63, 3.8) is 0 Å². The van der Waals surface area contributed by atoms with Gasteiger partial charge < -0.3 is 9.22 Å². The van der Waals surface area contributed by atoms with Gasteiger partial charge in [-0.15, -0.1) is 0 Å². The van der Waals surface area contributed by atoms with Crippen LogP contribution < -0.4 is 0 Å². The first kappa shape index (κ1) is 11.2. The first-order chi connectivity index (χ1) is 5.31. The summed E-state index contributed by atoms with van der Waals surface area (Å²) in [5.41, 5.74) is 0. The van der Waals surface area contributed by atoms with Gasteiger partial charge in [0, 0.05) is 0 Å². The molecule has 0 heterocycles. The van der Waals surface area contributed by atoms with Crippen molar-refractivity contribution >= 4 is 5.97 Å². The minimum absolute atomic E-state index is 0.0466. The molecule has 3 heteroatoms. The van der Waals surface area contributed by atoms with Crippen molar-refractivity contribution in [3.05, 3.63) is 12.3 Å². The summed E-state index contributed by atoms with van der Waals surface area (Å²) in [5.74, 6) is -0.280. The Morgan fingerprint density at radius 1 is 1.33 bits per heavy atom. The number of hydrogen-bond donors (Lipinski definition) is 0. The Balaban J connectivity index is 3.93. The molecule has 0 rings (SSSR count). The third-order valence-electron chi connectivity index (χ3n) is 1.01. The quantitative estimate of drug-likeness (QED) is 0.363. The average molecular weight is 172 g/mol. The van der Waals surface area contributed by atoms with Crippen molar-refractivity contribution in [2.75, 3.05) is 21.1 Å². The lowest BCUT2D eigenvalue weighted by atomic mass is 10.5. The van der Waals surface area contributed by atoms with E-state index in [-0.39, 0.29) is 12.1 Å². The first-order valence-corrected chi connectivity index (χ1v) is 4.02. The maximum Gasteiger partial charge on any atom is 0.336 e. The van der Waals surface area contributed by atoms with Crippen molar-refractivity contribution in [3.8, 4) is 0 Å². The molecule has 0 aliphatic heterocycles. The molecule has 0 bridgehead atoms. The van der Waals surface area contributed by atoms with Gasteiger partial charge in [-0.05, 0) is 13.8 Å². The summed E-state index contributed by atoms with van der Waals surface area (Å²) in [4.78, 5) is 11.0. The van der Waals surface area contributed by atoms with Crippen molar-refractivity contribution < 1.29 is 14.0 Å². The molecule has 0 spiro atoms. The highest BCUT2D eigenvalue weighted by atomic mass is 16.5. The molecule has 0 aliphatic carbocycles. The van der Waals surface area contributed by atoms with Gasteiger partial charge in [-0.3, -0.25) is 0 Å². The molecule has 0 saturated carbocycles. The third kappa shape index (κ3) is 7.28. The zero-order valence-electron chi connectivity index (χ0n) is 8.50. The van der Waals surface area contributed by atoms with Gasteiger partial charge in [-0.1, -0.05) is 0 Å². The molecule has 0 aromatic heterocycles. The van der Waals surface area contributed by atoms with Crippen molar-refractivity contribution in [2.45, 2.75) is 20.0 Å². The Morgan fingerprint density at radius 3 is 2.17 bits per heavy atom. The predicted molar refractivity (Wildman–Crippen MR) is 48.4 cm³/mol. The second-order valence-electron chi connectivity index (χ2n) is 3.92. The Bertz CT molecular complexity index is 177. The van der Waals surface area contributed by atoms with Crippen LogP contribution in [0.2, 0.25) is 0 Å². The molecule has 0 amide bonds. The average Bonchev–Trinajstić information content (AvgIpc) is 1.80. The van der Waals surface area contributed by atoms with Crippen LogP contribution >= 0.6 is 0 Å². The molecule has 0 aliphatic rings. The fourth-order valence-corrected chi connectivity index (χ4v) is 0.556. The molecule has 0 atom stereocenters. The Kier molecular flexibility index (Phi) is 3.96. The standard InChI is InChI=1S/C9H18NO2/c1-8(2)12-9(11)6-7-10(3,4)5/h6-8H,1-5H3/q+1/b7-6+. The molecule has 70 valence electrons. The van der Waals surface area contributed by atoms with Crippen LogP contribution in [0.15, 0.2) is 12.3 Å². The molecular formula is C9H18NO2+. The van der Waals surface area contributed by atoms with E-state index in [0.29, 0.717) is 4.48 Å². The largest absolute Gasteiger partial charge is 0.460 e. The maximum absolute atomic E-state index is 11.0. The van der Waals surface area contributed by atoms with E-state index < -0.39 is 0 Å². The Hall–Kier alpha value is -0.830. The van der Waals surface area contributed by atoms with Gasteiger partial charge in [0.2, 0.25) is 0 Å². The molecule has 0 fully saturated rings. The molecule has 0 aromatic carbocycles. The number of carbonyl (C=O) groups is 1. The van der Waals surface area contributed by atoms with Crippen LogP contribution in [-0.4, -0.2) is 37.7 Å². The first-order valence-electron chi connectivity index (χ1n) is 4.02. The zero-order chi connectivity index (χ0) is 9.78. The van der Waals surface area contributed by atoms with Crippen LogP contribution in [0.4, 0.5) is 0 Å². The zero-order valence-corrected chi connectivity index (χ0v) is 8.50. The van der Waals surface area contributed by atoms with E-state index in [1.807, 2.05) is 35.0 Å². The normalized spacial score (nSPS) is 12.5. The van der Waals surface area contributed by atoms with Crippen LogP contribution in [0, 0.1) is 0 Å². The number of ether oxygens (including phenoxy) is 1. The van der Waals surface area contributed by atoms with Crippen molar-refractivity contribution in [1.82, 2.24) is 0 Å². The summed E-state index contributed by atoms with van der Waals surface area (Å²) in [6.07, 6.45) is 3.19. The molecule has 0 saturated heterocycles. The Morgan fingerprint density at radius 2 is 1.83 bits per heavy atom. The smallest absolute Gasteiger partial charge is 0.336 e. The Labute approximate surface area is 74.2 Å². The van der Waals surface area contributed by atoms with Crippen molar-refractivity contribution in [2.24, 2.45) is 0 Å². The number of hydrogen-bond acceptors (Lipinski definition) is 2. The van der Waals surface area contributed by atoms with Gasteiger partial charge in [-0.2, -0.15) is 0 Å². The van der Waals surface area contributed by atoms with Crippen LogP contribution in [0.1, 0.15) is 13.8 Å². The molecular weight excluding hydrogens is 154 g/mol. The fraction of sp³-hybridized carbons (Fsp3) is 0.667. The third-order valence-corrected chi connectivity index (χ3v) is 1.01. The van der Waals surface area contributed by atoms with E-state index in [1.165, 1.54) is 6.08 Å². The van der Waals surface area contributed by atoms with Gasteiger partial charge >= 0.3 is 5.97 Å². The van der Waals surface area contributed by atoms with Crippen molar-refractivity contribution in [1.29, 1.82) is 0 Å². The number of carbonyl (C=O) groups excluding carboxylic acids is 1. The topological polar surface area (TPSA) is 26.3 Å². The van der Waals surface area contributed by atoms with Crippen LogP contribution in [0.25, 0.3) is 0 Å². The van der Waals surface area contributed by atoms with E-state index in [0.717, 1.165) is 0 Å². The molecule has 0 aromatic rings. The van der Waals surface area contributed by atoms with Gasteiger partial charge in [0.15, 0.2) is 0 Å². The predicted octanol–water partition coefficient (Wildman–Crippen LogP) is 1.16. The fourth-order valence-electron chi connectivity index (χ4n) is 0.556. The molecule has 0 radical (unpaired) electrons. The lowest BCUT2D eigenvalue weighted by Gasteiger charge is -2.17. The summed E-state index contributed by atoms with van der Waals surface area (Å²) >= 11 is 0. The number of rotatable bonds is 3. The van der Waals surface area contributed by atoms with Gasteiger partial charge in [0.25, 0.3) is 0 Å². The lowest BCUT2D eigenvalue weighted by molar-refractivity contribution is -0.817. The van der Waals surface area contributed by atoms with E-state index in [9.17, 15) is 4.79 Å². The van der Waals surface area contributed by atoms with E-state index in [4.69, 9.17) is 4.74 Å². The minimum atomic E-state index is -0.280. The van der Waals surface area contributed by atoms with Crippen LogP contribution in [-0.2, 0) is 9.53 Å². The molecule has 3 nitrogen and oxygen atoms in total. The summed E-state index contributed by atoms with van der Waals surface area (Å²) in [5, 5.41) is 0. The lowest BCUT2D eigenvalue weighted by Crippen LogP contribution is -2.27. The molecule has 0 unspecified atom stereocenters. The highest BCUT2D eigenvalue weighted by Crippen LogP contribution is 1.94.